The van der Waals surface area contributed by atoms with Gasteiger partial charge in [-0.05, 0) is 61.6 Å². The average molecular weight is 345 g/mol. The molecule has 0 bridgehead atoms. The maximum absolute atomic E-state index is 6.01. The lowest BCUT2D eigenvalue weighted by atomic mass is 10.1. The van der Waals surface area contributed by atoms with Crippen molar-refractivity contribution in [2.45, 2.75) is 26.7 Å². The third-order valence-electron chi connectivity index (χ3n) is 3.73. The van der Waals surface area contributed by atoms with Crippen LogP contribution in [0.5, 0.6) is 0 Å². The summed E-state index contributed by atoms with van der Waals surface area (Å²) < 4.78 is 0. The molecule has 24 heavy (non-hydrogen) atoms. The number of aryl methyl sites for hydroxylation is 1. The molecule has 0 aliphatic carbocycles. The van der Waals surface area contributed by atoms with Gasteiger partial charge in [0.05, 0.1) is 0 Å². The number of guanidine groups is 1. The number of aromatic nitrogens is 1. The van der Waals surface area contributed by atoms with E-state index in [-0.39, 0.29) is 0 Å². The average Bonchev–Trinajstić information content (AvgIpc) is 2.57. The van der Waals surface area contributed by atoms with E-state index in [1.54, 1.807) is 0 Å². The van der Waals surface area contributed by atoms with Crippen LogP contribution in [0.2, 0.25) is 5.02 Å². The highest BCUT2D eigenvalue weighted by molar-refractivity contribution is 6.30. The smallest absolute Gasteiger partial charge is 0.191 e. The second-order valence-corrected chi connectivity index (χ2v) is 6.06. The molecule has 0 unspecified atom stereocenters. The lowest BCUT2D eigenvalue weighted by Crippen LogP contribution is -2.38. The second kappa shape index (κ2) is 9.93. The molecule has 2 N–H and O–H groups in total. The van der Waals surface area contributed by atoms with Gasteiger partial charge < -0.3 is 10.6 Å². The van der Waals surface area contributed by atoms with Gasteiger partial charge in [-0.15, -0.1) is 0 Å². The van der Waals surface area contributed by atoms with E-state index >= 15 is 0 Å². The fraction of sp³-hybridized carbons (Fsp3) is 0.368. The summed E-state index contributed by atoms with van der Waals surface area (Å²) in [6.45, 7) is 6.57. The van der Waals surface area contributed by atoms with Gasteiger partial charge in [-0.25, -0.2) is 0 Å². The predicted octanol–water partition coefficient (Wildman–Crippen LogP) is 3.38. The van der Waals surface area contributed by atoms with E-state index in [0.29, 0.717) is 0 Å². The van der Waals surface area contributed by atoms with Crippen molar-refractivity contribution in [3.8, 4) is 0 Å². The first-order chi connectivity index (χ1) is 11.7. The van der Waals surface area contributed by atoms with Crippen molar-refractivity contribution in [3.05, 3.63) is 64.4 Å². The molecule has 5 heteroatoms. The fourth-order valence-corrected chi connectivity index (χ4v) is 2.64. The standard InChI is InChI=1S/C19H25ClN4/c1-3-22-19(23-11-7-16-5-4-6-18(20)13-16)24-12-9-17-8-10-21-14-15(17)2/h4-6,8,10,13-14H,3,7,9,11-12H2,1-2H3,(H2,22,23,24). The van der Waals surface area contributed by atoms with Crippen molar-refractivity contribution in [1.82, 2.24) is 15.6 Å². The zero-order chi connectivity index (χ0) is 17.2. The minimum atomic E-state index is 0.747. The zero-order valence-electron chi connectivity index (χ0n) is 14.3. The van der Waals surface area contributed by atoms with E-state index < -0.39 is 0 Å². The molecule has 2 aromatic rings. The van der Waals surface area contributed by atoms with Gasteiger partial charge in [-0.3, -0.25) is 9.98 Å². The molecule has 0 atom stereocenters. The quantitative estimate of drug-likeness (QED) is 0.598. The number of aliphatic imine (C=N–C) groups is 1. The lowest BCUT2D eigenvalue weighted by Gasteiger charge is -2.11. The van der Waals surface area contributed by atoms with Gasteiger partial charge in [0.15, 0.2) is 5.96 Å². The molecule has 0 aliphatic rings. The Kier molecular flexibility index (Phi) is 7.56. The molecular formula is C19H25ClN4. The first-order valence-electron chi connectivity index (χ1n) is 8.35. The molecule has 4 nitrogen and oxygen atoms in total. The van der Waals surface area contributed by atoms with Crippen LogP contribution >= 0.6 is 11.6 Å². The van der Waals surface area contributed by atoms with Gasteiger partial charge in [0.1, 0.15) is 0 Å². The van der Waals surface area contributed by atoms with Crippen molar-refractivity contribution >= 4 is 17.6 Å². The van der Waals surface area contributed by atoms with Crippen molar-refractivity contribution < 1.29 is 0 Å². The summed E-state index contributed by atoms with van der Waals surface area (Å²) in [5.41, 5.74) is 3.73. The Hall–Kier alpha value is -2.07. The summed E-state index contributed by atoms with van der Waals surface area (Å²) >= 11 is 6.01. The van der Waals surface area contributed by atoms with E-state index in [2.05, 4.69) is 46.6 Å². The van der Waals surface area contributed by atoms with Crippen molar-refractivity contribution in [3.63, 3.8) is 0 Å². The second-order valence-electron chi connectivity index (χ2n) is 5.62. The Morgan fingerprint density at radius 2 is 2.08 bits per heavy atom. The van der Waals surface area contributed by atoms with Gasteiger partial charge >= 0.3 is 0 Å². The van der Waals surface area contributed by atoms with Crippen LogP contribution < -0.4 is 10.6 Å². The molecule has 1 heterocycles. The Morgan fingerprint density at radius 1 is 1.21 bits per heavy atom. The van der Waals surface area contributed by atoms with Crippen molar-refractivity contribution in [2.75, 3.05) is 19.6 Å². The van der Waals surface area contributed by atoms with Gasteiger partial charge in [0.25, 0.3) is 0 Å². The Morgan fingerprint density at radius 3 is 2.83 bits per heavy atom. The van der Waals surface area contributed by atoms with Crippen LogP contribution in [0.4, 0.5) is 0 Å². The number of rotatable bonds is 7. The number of hydrogen-bond donors (Lipinski definition) is 2. The van der Waals surface area contributed by atoms with Crippen LogP contribution in [0.1, 0.15) is 23.6 Å². The van der Waals surface area contributed by atoms with E-state index in [1.165, 1.54) is 16.7 Å². The summed E-state index contributed by atoms with van der Waals surface area (Å²) in [6, 6.07) is 10.0. The maximum Gasteiger partial charge on any atom is 0.191 e. The third kappa shape index (κ3) is 6.20. The van der Waals surface area contributed by atoms with E-state index in [9.17, 15) is 0 Å². The Labute approximate surface area is 149 Å². The number of nitrogens with zero attached hydrogens (tertiary/aromatic N) is 2. The van der Waals surface area contributed by atoms with E-state index in [1.807, 2.05) is 30.6 Å². The largest absolute Gasteiger partial charge is 0.357 e. The number of pyridine rings is 1. The molecule has 128 valence electrons. The number of halogens is 1. The molecule has 0 fully saturated rings. The number of nitrogens with one attached hydrogen (secondary N) is 2. The van der Waals surface area contributed by atoms with Gasteiger partial charge in [-0.1, -0.05) is 23.7 Å². The topological polar surface area (TPSA) is 49.3 Å². The SMILES string of the molecule is CCNC(=NCCc1ccncc1C)NCCc1cccc(Cl)c1. The molecule has 2 rings (SSSR count). The minimum Gasteiger partial charge on any atom is -0.357 e. The monoisotopic (exact) mass is 344 g/mol. The molecule has 0 amide bonds. The highest BCUT2D eigenvalue weighted by Crippen LogP contribution is 2.10. The van der Waals surface area contributed by atoms with Crippen LogP contribution in [-0.4, -0.2) is 30.6 Å². The lowest BCUT2D eigenvalue weighted by molar-refractivity contribution is 0.796. The van der Waals surface area contributed by atoms with Crippen LogP contribution in [0.15, 0.2) is 47.7 Å². The number of benzene rings is 1. The summed E-state index contributed by atoms with van der Waals surface area (Å²) in [6.07, 6.45) is 5.56. The molecular weight excluding hydrogens is 320 g/mol. The van der Waals surface area contributed by atoms with Crippen molar-refractivity contribution in [1.29, 1.82) is 0 Å². The predicted molar refractivity (Wildman–Crippen MR) is 102 cm³/mol. The van der Waals surface area contributed by atoms with Gasteiger partial charge in [-0.2, -0.15) is 0 Å². The summed E-state index contributed by atoms with van der Waals surface area (Å²) in [5.74, 6) is 0.853. The van der Waals surface area contributed by atoms with Gasteiger partial charge in [0.2, 0.25) is 0 Å². The van der Waals surface area contributed by atoms with Gasteiger partial charge in [0, 0.05) is 37.1 Å². The molecule has 0 saturated heterocycles. The summed E-state index contributed by atoms with van der Waals surface area (Å²) in [5, 5.41) is 7.43. The Balaban J connectivity index is 1.83. The van der Waals surface area contributed by atoms with E-state index in [0.717, 1.165) is 43.5 Å². The van der Waals surface area contributed by atoms with Crippen LogP contribution in [0.25, 0.3) is 0 Å². The third-order valence-corrected chi connectivity index (χ3v) is 3.96. The highest BCUT2D eigenvalue weighted by atomic mass is 35.5. The molecule has 0 radical (unpaired) electrons. The van der Waals surface area contributed by atoms with Crippen LogP contribution in [0, 0.1) is 6.92 Å². The highest BCUT2D eigenvalue weighted by Gasteiger charge is 2.00. The fourth-order valence-electron chi connectivity index (χ4n) is 2.43. The Bertz CT molecular complexity index is 670. The van der Waals surface area contributed by atoms with Crippen LogP contribution in [-0.2, 0) is 12.8 Å². The normalized spacial score (nSPS) is 11.4. The summed E-state index contributed by atoms with van der Waals surface area (Å²) in [7, 11) is 0. The molecule has 0 spiro atoms. The zero-order valence-corrected chi connectivity index (χ0v) is 15.1. The molecule has 1 aromatic carbocycles. The van der Waals surface area contributed by atoms with E-state index in [4.69, 9.17) is 11.6 Å². The maximum atomic E-state index is 6.01. The molecule has 0 aliphatic heterocycles. The van der Waals surface area contributed by atoms with Crippen LogP contribution in [0.3, 0.4) is 0 Å². The first-order valence-corrected chi connectivity index (χ1v) is 8.73. The number of hydrogen-bond acceptors (Lipinski definition) is 2. The first kappa shape index (κ1) is 18.3. The summed E-state index contributed by atoms with van der Waals surface area (Å²) in [4.78, 5) is 8.77. The molecule has 0 saturated carbocycles. The van der Waals surface area contributed by atoms with Crippen molar-refractivity contribution in [2.24, 2.45) is 4.99 Å². The minimum absolute atomic E-state index is 0.747. The molecule has 1 aromatic heterocycles.